The molecule has 3 heterocycles. The van der Waals surface area contributed by atoms with E-state index in [2.05, 4.69) is 19.8 Å². The van der Waals surface area contributed by atoms with Crippen LogP contribution in [0.5, 0.6) is 5.88 Å². The molecule has 0 spiro atoms. The Bertz CT molecular complexity index is 1170. The number of nitrogens with two attached hydrogens (primary N) is 1. The number of nitrogens with one attached hydrogen (secondary N) is 1. The van der Waals surface area contributed by atoms with Gasteiger partial charge in [0.05, 0.1) is 29.6 Å². The standard InChI is InChI=1S/C18H14F2N6OS/c1-27-18-15(25-28-16-3-2-11(19)7-12(16)20)6-10(8-22-18)14-4-5-26-17(24-14)13(21)9-23-26/h2-9,25H,21H2,1H3. The summed E-state index contributed by atoms with van der Waals surface area (Å²) in [6.45, 7) is 0. The fraction of sp³-hybridized carbons (Fsp3) is 0.0556. The van der Waals surface area contributed by atoms with Gasteiger partial charge in [0.25, 0.3) is 0 Å². The Balaban J connectivity index is 1.65. The van der Waals surface area contributed by atoms with Crippen LogP contribution in [0.3, 0.4) is 0 Å². The lowest BCUT2D eigenvalue weighted by molar-refractivity contribution is 0.400. The number of aromatic nitrogens is 4. The minimum atomic E-state index is -0.663. The first-order valence-electron chi connectivity index (χ1n) is 8.07. The maximum Gasteiger partial charge on any atom is 0.237 e. The van der Waals surface area contributed by atoms with Gasteiger partial charge in [-0.25, -0.2) is 23.3 Å². The fourth-order valence-electron chi connectivity index (χ4n) is 2.54. The van der Waals surface area contributed by atoms with Crippen LogP contribution in [-0.4, -0.2) is 26.7 Å². The summed E-state index contributed by atoms with van der Waals surface area (Å²) in [4.78, 5) is 9.01. The smallest absolute Gasteiger partial charge is 0.237 e. The summed E-state index contributed by atoms with van der Waals surface area (Å²) in [6.07, 6.45) is 4.88. The number of hydrogen-bond donors (Lipinski definition) is 2. The predicted molar refractivity (Wildman–Crippen MR) is 103 cm³/mol. The van der Waals surface area contributed by atoms with E-state index in [1.165, 1.54) is 25.4 Å². The second-order valence-electron chi connectivity index (χ2n) is 5.74. The van der Waals surface area contributed by atoms with Crippen molar-refractivity contribution in [2.45, 2.75) is 4.90 Å². The number of benzene rings is 1. The van der Waals surface area contributed by atoms with Gasteiger partial charge >= 0.3 is 0 Å². The average Bonchev–Trinajstić information content (AvgIpc) is 3.07. The molecule has 3 N–H and O–H groups in total. The highest BCUT2D eigenvalue weighted by Gasteiger charge is 2.12. The number of pyridine rings is 1. The van der Waals surface area contributed by atoms with Gasteiger partial charge in [0.15, 0.2) is 5.65 Å². The summed E-state index contributed by atoms with van der Waals surface area (Å²) in [5.41, 5.74) is 8.72. The Morgan fingerprint density at radius 2 is 2.04 bits per heavy atom. The molecule has 0 aliphatic carbocycles. The minimum Gasteiger partial charge on any atom is -0.480 e. The fourth-order valence-corrected chi connectivity index (χ4v) is 3.20. The topological polar surface area (TPSA) is 90.4 Å². The van der Waals surface area contributed by atoms with Crippen molar-refractivity contribution in [2.24, 2.45) is 0 Å². The lowest BCUT2D eigenvalue weighted by Gasteiger charge is -2.11. The van der Waals surface area contributed by atoms with Crippen molar-refractivity contribution in [2.75, 3.05) is 17.6 Å². The van der Waals surface area contributed by atoms with Crippen LogP contribution in [-0.2, 0) is 0 Å². The van der Waals surface area contributed by atoms with Gasteiger partial charge in [-0.3, -0.25) is 0 Å². The third kappa shape index (κ3) is 3.41. The first kappa shape index (κ1) is 18.0. The third-order valence-corrected chi connectivity index (χ3v) is 4.77. The van der Waals surface area contributed by atoms with E-state index in [1.54, 1.807) is 29.0 Å². The van der Waals surface area contributed by atoms with Crippen molar-refractivity contribution in [3.05, 3.63) is 60.6 Å². The molecule has 0 fully saturated rings. The normalized spacial score (nSPS) is 11.0. The van der Waals surface area contributed by atoms with Crippen LogP contribution in [0.15, 0.2) is 53.8 Å². The van der Waals surface area contributed by atoms with E-state index in [9.17, 15) is 8.78 Å². The molecule has 0 atom stereocenters. The molecule has 0 saturated heterocycles. The molecule has 4 aromatic rings. The van der Waals surface area contributed by atoms with Crippen LogP contribution in [0.4, 0.5) is 20.2 Å². The third-order valence-electron chi connectivity index (χ3n) is 3.90. The highest BCUT2D eigenvalue weighted by atomic mass is 32.2. The van der Waals surface area contributed by atoms with Gasteiger partial charge < -0.3 is 15.2 Å². The van der Waals surface area contributed by atoms with E-state index < -0.39 is 11.6 Å². The zero-order chi connectivity index (χ0) is 19.7. The molecule has 4 rings (SSSR count). The predicted octanol–water partition coefficient (Wildman–Crippen LogP) is 3.78. The molecule has 0 unspecified atom stereocenters. The Labute approximate surface area is 162 Å². The summed E-state index contributed by atoms with van der Waals surface area (Å²) >= 11 is 0.982. The van der Waals surface area contributed by atoms with Gasteiger partial charge in [0.1, 0.15) is 17.3 Å². The average molecular weight is 400 g/mol. The maximum atomic E-state index is 13.9. The Morgan fingerprint density at radius 3 is 2.82 bits per heavy atom. The van der Waals surface area contributed by atoms with Crippen LogP contribution < -0.4 is 15.2 Å². The monoisotopic (exact) mass is 400 g/mol. The lowest BCUT2D eigenvalue weighted by Crippen LogP contribution is -1.98. The van der Waals surface area contributed by atoms with Crippen molar-refractivity contribution < 1.29 is 13.5 Å². The van der Waals surface area contributed by atoms with Gasteiger partial charge in [0, 0.05) is 24.0 Å². The number of ether oxygens (including phenoxy) is 1. The summed E-state index contributed by atoms with van der Waals surface area (Å²) in [6, 6.07) is 6.91. The van der Waals surface area contributed by atoms with Gasteiger partial charge in [0.2, 0.25) is 5.88 Å². The molecule has 0 amide bonds. The van der Waals surface area contributed by atoms with Crippen molar-refractivity contribution in [3.8, 4) is 17.1 Å². The maximum absolute atomic E-state index is 13.9. The zero-order valence-electron chi connectivity index (χ0n) is 14.6. The van der Waals surface area contributed by atoms with E-state index in [-0.39, 0.29) is 4.90 Å². The Kier molecular flexibility index (Phi) is 4.70. The van der Waals surface area contributed by atoms with Gasteiger partial charge in [-0.1, -0.05) is 0 Å². The molecule has 10 heteroatoms. The van der Waals surface area contributed by atoms with E-state index in [0.717, 1.165) is 18.0 Å². The molecule has 142 valence electrons. The van der Waals surface area contributed by atoms with Crippen LogP contribution in [0.2, 0.25) is 0 Å². The SMILES string of the molecule is COc1ncc(-c2ccn3ncc(N)c3n2)cc1NSc1ccc(F)cc1F. The summed E-state index contributed by atoms with van der Waals surface area (Å²) in [7, 11) is 1.48. The van der Waals surface area contributed by atoms with Gasteiger partial charge in [-0.15, -0.1) is 0 Å². The number of anilines is 2. The number of nitrogens with zero attached hydrogens (tertiary/aromatic N) is 4. The van der Waals surface area contributed by atoms with Gasteiger partial charge in [-0.2, -0.15) is 5.10 Å². The van der Waals surface area contributed by atoms with Crippen molar-refractivity contribution in [1.82, 2.24) is 19.6 Å². The molecule has 0 bridgehead atoms. The van der Waals surface area contributed by atoms with Gasteiger partial charge in [-0.05, 0) is 36.2 Å². The number of halogens is 2. The molecular weight excluding hydrogens is 386 g/mol. The Morgan fingerprint density at radius 1 is 1.18 bits per heavy atom. The quantitative estimate of drug-likeness (QED) is 0.493. The van der Waals surface area contributed by atoms with Crippen LogP contribution in [0, 0.1) is 11.6 Å². The first-order chi connectivity index (χ1) is 13.5. The molecule has 0 saturated carbocycles. The molecule has 28 heavy (non-hydrogen) atoms. The lowest BCUT2D eigenvalue weighted by atomic mass is 10.2. The molecule has 3 aromatic heterocycles. The largest absolute Gasteiger partial charge is 0.480 e. The zero-order valence-corrected chi connectivity index (χ0v) is 15.4. The first-order valence-corrected chi connectivity index (χ1v) is 8.89. The minimum absolute atomic E-state index is 0.237. The van der Waals surface area contributed by atoms with Crippen LogP contribution in [0.1, 0.15) is 0 Å². The van der Waals surface area contributed by atoms with E-state index in [1.807, 2.05) is 0 Å². The molecule has 0 aliphatic heterocycles. The van der Waals surface area contributed by atoms with Crippen molar-refractivity contribution in [3.63, 3.8) is 0 Å². The molecular formula is C18H14F2N6OS. The summed E-state index contributed by atoms with van der Waals surface area (Å²) < 4.78 is 36.7. The molecule has 1 aromatic carbocycles. The second-order valence-corrected chi connectivity index (χ2v) is 6.59. The second kappa shape index (κ2) is 7.31. The van der Waals surface area contributed by atoms with E-state index in [0.29, 0.717) is 34.2 Å². The Hall–Kier alpha value is -3.40. The summed E-state index contributed by atoms with van der Waals surface area (Å²) in [5, 5.41) is 4.09. The van der Waals surface area contributed by atoms with Crippen molar-refractivity contribution >= 4 is 29.0 Å². The van der Waals surface area contributed by atoms with Crippen molar-refractivity contribution in [1.29, 1.82) is 0 Å². The van der Waals surface area contributed by atoms with E-state index >= 15 is 0 Å². The number of fused-ring (bicyclic) bond motifs is 1. The molecule has 7 nitrogen and oxygen atoms in total. The molecule has 0 aliphatic rings. The highest BCUT2D eigenvalue weighted by molar-refractivity contribution is 8.00. The number of rotatable bonds is 5. The highest BCUT2D eigenvalue weighted by Crippen LogP contribution is 2.32. The number of hydrogen-bond acceptors (Lipinski definition) is 7. The van der Waals surface area contributed by atoms with Crippen LogP contribution >= 0.6 is 11.9 Å². The van der Waals surface area contributed by atoms with E-state index in [4.69, 9.17) is 10.5 Å². The molecule has 0 radical (unpaired) electrons. The number of methoxy groups -OCH3 is 1. The number of nitrogen functional groups attached to an aromatic ring is 1. The summed E-state index contributed by atoms with van der Waals surface area (Å²) in [5.74, 6) is -0.976. The van der Waals surface area contributed by atoms with Crippen LogP contribution in [0.25, 0.3) is 16.9 Å².